The minimum Gasteiger partial charge on any atom is -0.354 e. The monoisotopic (exact) mass is 422 g/mol. The van der Waals surface area contributed by atoms with Gasteiger partial charge >= 0.3 is 0 Å². The number of likely N-dealkylation sites (tertiary alicyclic amines) is 1. The normalized spacial score (nSPS) is 26.3. The second-order valence-electron chi connectivity index (χ2n) is 9.50. The molecule has 0 bridgehead atoms. The van der Waals surface area contributed by atoms with Gasteiger partial charge in [0, 0.05) is 51.0 Å². The predicted octanol–water partition coefficient (Wildman–Crippen LogP) is 3.31. The molecule has 0 radical (unpaired) electrons. The number of nitrogens with zero attached hydrogens (tertiary/aromatic N) is 4. The van der Waals surface area contributed by atoms with E-state index in [1.807, 2.05) is 24.3 Å². The van der Waals surface area contributed by atoms with E-state index in [2.05, 4.69) is 26.7 Å². The summed E-state index contributed by atoms with van der Waals surface area (Å²) in [6.07, 6.45) is 5.14. The summed E-state index contributed by atoms with van der Waals surface area (Å²) in [5.74, 6) is 2.58. The number of carbonyl (C=O) groups excluding carboxylic acids is 1. The molecule has 1 aromatic carbocycles. The Bertz CT molecular complexity index is 925. The standard InChI is InChI=1S/C25H31FN4O/c1-28-10-12-29(13-11-28)24-15-20(8-9-27-24)25(31)30-16-21-5-4-19(23(21)17-30)14-18-2-6-22(26)7-3-18/h2-3,6-9,15,19,21,23H,4-5,10-14,16-17H2,1H3/t19-,21-,23-/m1/s1. The third-order valence-corrected chi connectivity index (χ3v) is 7.52. The number of piperazine rings is 1. The molecule has 5 rings (SSSR count). The summed E-state index contributed by atoms with van der Waals surface area (Å²) in [6.45, 7) is 5.62. The molecule has 0 spiro atoms. The van der Waals surface area contributed by atoms with Crippen LogP contribution in [0.4, 0.5) is 10.2 Å². The number of rotatable bonds is 4. The fourth-order valence-corrected chi connectivity index (χ4v) is 5.66. The Morgan fingerprint density at radius 3 is 2.61 bits per heavy atom. The van der Waals surface area contributed by atoms with Crippen LogP contribution < -0.4 is 4.90 Å². The highest BCUT2D eigenvalue weighted by atomic mass is 19.1. The minimum atomic E-state index is -0.181. The van der Waals surface area contributed by atoms with Gasteiger partial charge in [-0.05, 0) is 73.9 Å². The zero-order valence-corrected chi connectivity index (χ0v) is 18.2. The summed E-state index contributed by atoms with van der Waals surface area (Å²) >= 11 is 0. The highest BCUT2D eigenvalue weighted by Crippen LogP contribution is 2.44. The van der Waals surface area contributed by atoms with Crippen molar-refractivity contribution in [3.8, 4) is 0 Å². The molecule has 5 nitrogen and oxygen atoms in total. The lowest BCUT2D eigenvalue weighted by Crippen LogP contribution is -2.44. The van der Waals surface area contributed by atoms with Crippen molar-refractivity contribution in [1.29, 1.82) is 0 Å². The summed E-state index contributed by atoms with van der Waals surface area (Å²) in [7, 11) is 2.14. The van der Waals surface area contributed by atoms with E-state index in [9.17, 15) is 9.18 Å². The van der Waals surface area contributed by atoms with Crippen LogP contribution in [0.25, 0.3) is 0 Å². The van der Waals surface area contributed by atoms with Gasteiger partial charge in [0.05, 0.1) is 0 Å². The number of aromatic nitrogens is 1. The van der Waals surface area contributed by atoms with Gasteiger partial charge in [-0.15, -0.1) is 0 Å². The number of carbonyl (C=O) groups is 1. The molecule has 6 heteroatoms. The number of likely N-dealkylation sites (N-methyl/N-ethyl adjacent to an activating group) is 1. The molecule has 1 aromatic heterocycles. The Labute approximate surface area is 183 Å². The molecule has 1 amide bonds. The van der Waals surface area contributed by atoms with Crippen LogP contribution in [0.2, 0.25) is 0 Å². The van der Waals surface area contributed by atoms with Crippen molar-refractivity contribution >= 4 is 11.7 Å². The third-order valence-electron chi connectivity index (χ3n) is 7.52. The van der Waals surface area contributed by atoms with Crippen LogP contribution in [-0.2, 0) is 6.42 Å². The van der Waals surface area contributed by atoms with Gasteiger partial charge in [-0.3, -0.25) is 4.79 Å². The summed E-state index contributed by atoms with van der Waals surface area (Å²) in [6, 6.07) is 10.7. The zero-order chi connectivity index (χ0) is 21.4. The van der Waals surface area contributed by atoms with E-state index in [1.165, 1.54) is 18.4 Å². The maximum atomic E-state index is 13.3. The third kappa shape index (κ3) is 4.31. The fourth-order valence-electron chi connectivity index (χ4n) is 5.66. The van der Waals surface area contributed by atoms with E-state index >= 15 is 0 Å². The lowest BCUT2D eigenvalue weighted by molar-refractivity contribution is 0.0776. The highest BCUT2D eigenvalue weighted by Gasteiger charge is 2.43. The molecular formula is C25H31FN4O. The zero-order valence-electron chi connectivity index (χ0n) is 18.2. The van der Waals surface area contributed by atoms with E-state index in [-0.39, 0.29) is 11.7 Å². The smallest absolute Gasteiger partial charge is 0.254 e. The first-order valence-electron chi connectivity index (χ1n) is 11.5. The van der Waals surface area contributed by atoms with Crippen molar-refractivity contribution < 1.29 is 9.18 Å². The molecule has 2 saturated heterocycles. The first kappa shape index (κ1) is 20.4. The maximum Gasteiger partial charge on any atom is 0.254 e. The average molecular weight is 423 g/mol. The molecule has 0 unspecified atom stereocenters. The van der Waals surface area contributed by atoms with Gasteiger partial charge in [-0.25, -0.2) is 9.37 Å². The number of pyridine rings is 1. The Hall–Kier alpha value is -2.47. The van der Waals surface area contributed by atoms with Crippen molar-refractivity contribution in [3.05, 3.63) is 59.5 Å². The van der Waals surface area contributed by atoms with Crippen molar-refractivity contribution in [2.75, 3.05) is 51.2 Å². The number of halogens is 1. The van der Waals surface area contributed by atoms with Gasteiger partial charge < -0.3 is 14.7 Å². The van der Waals surface area contributed by atoms with Gasteiger partial charge in [0.15, 0.2) is 0 Å². The summed E-state index contributed by atoms with van der Waals surface area (Å²) < 4.78 is 13.2. The van der Waals surface area contributed by atoms with E-state index in [4.69, 9.17) is 0 Å². The topological polar surface area (TPSA) is 39.7 Å². The Kier molecular flexibility index (Phi) is 5.65. The molecule has 2 aromatic rings. The van der Waals surface area contributed by atoms with Gasteiger partial charge in [0.2, 0.25) is 0 Å². The number of benzene rings is 1. The summed E-state index contributed by atoms with van der Waals surface area (Å²) in [4.78, 5) is 24.5. The van der Waals surface area contributed by atoms with Crippen molar-refractivity contribution in [1.82, 2.24) is 14.8 Å². The van der Waals surface area contributed by atoms with Gasteiger partial charge in [-0.1, -0.05) is 12.1 Å². The average Bonchev–Trinajstić information content (AvgIpc) is 3.37. The Balaban J connectivity index is 1.24. The molecule has 31 heavy (non-hydrogen) atoms. The minimum absolute atomic E-state index is 0.132. The highest BCUT2D eigenvalue weighted by molar-refractivity contribution is 5.95. The molecule has 3 aliphatic rings. The molecule has 2 aliphatic heterocycles. The second kappa shape index (κ2) is 8.58. The lowest BCUT2D eigenvalue weighted by atomic mass is 9.87. The van der Waals surface area contributed by atoms with Crippen molar-refractivity contribution in [3.63, 3.8) is 0 Å². The number of fused-ring (bicyclic) bond motifs is 1. The number of hydrogen-bond donors (Lipinski definition) is 0. The van der Waals surface area contributed by atoms with Crippen LogP contribution in [0.3, 0.4) is 0 Å². The van der Waals surface area contributed by atoms with Crippen LogP contribution in [-0.4, -0.2) is 67.0 Å². The molecule has 164 valence electrons. The van der Waals surface area contributed by atoms with Crippen LogP contribution in [0, 0.1) is 23.6 Å². The van der Waals surface area contributed by atoms with Crippen molar-refractivity contribution in [2.24, 2.45) is 17.8 Å². The molecule has 0 N–H and O–H groups in total. The van der Waals surface area contributed by atoms with E-state index in [1.54, 1.807) is 18.3 Å². The van der Waals surface area contributed by atoms with Gasteiger partial charge in [0.25, 0.3) is 5.91 Å². The van der Waals surface area contributed by atoms with Crippen LogP contribution in [0.15, 0.2) is 42.6 Å². The first-order valence-corrected chi connectivity index (χ1v) is 11.5. The summed E-state index contributed by atoms with van der Waals surface area (Å²) in [5.41, 5.74) is 1.95. The SMILES string of the molecule is CN1CCN(c2cc(C(=O)N3C[C@H]4CC[C@H](Cc5ccc(F)cc5)[C@H]4C3)ccn2)CC1. The lowest BCUT2D eigenvalue weighted by Gasteiger charge is -2.33. The Morgan fingerprint density at radius 1 is 1.06 bits per heavy atom. The van der Waals surface area contributed by atoms with Crippen LogP contribution in [0.5, 0.6) is 0 Å². The number of hydrogen-bond acceptors (Lipinski definition) is 4. The van der Waals surface area contributed by atoms with Crippen LogP contribution in [0.1, 0.15) is 28.8 Å². The molecular weight excluding hydrogens is 391 g/mol. The first-order chi connectivity index (χ1) is 15.1. The number of anilines is 1. The summed E-state index contributed by atoms with van der Waals surface area (Å²) in [5, 5.41) is 0. The molecule has 3 atom stereocenters. The maximum absolute atomic E-state index is 13.3. The number of amides is 1. The van der Waals surface area contributed by atoms with E-state index in [0.717, 1.165) is 57.1 Å². The molecule has 3 heterocycles. The van der Waals surface area contributed by atoms with Crippen LogP contribution >= 0.6 is 0 Å². The largest absolute Gasteiger partial charge is 0.354 e. The predicted molar refractivity (Wildman–Crippen MR) is 120 cm³/mol. The van der Waals surface area contributed by atoms with E-state index in [0.29, 0.717) is 17.8 Å². The van der Waals surface area contributed by atoms with Gasteiger partial charge in [0.1, 0.15) is 11.6 Å². The fraction of sp³-hybridized carbons (Fsp3) is 0.520. The molecule has 1 aliphatic carbocycles. The molecule has 3 fully saturated rings. The van der Waals surface area contributed by atoms with E-state index < -0.39 is 0 Å². The van der Waals surface area contributed by atoms with Gasteiger partial charge in [-0.2, -0.15) is 0 Å². The Morgan fingerprint density at radius 2 is 1.84 bits per heavy atom. The second-order valence-corrected chi connectivity index (χ2v) is 9.50. The van der Waals surface area contributed by atoms with Crippen molar-refractivity contribution in [2.45, 2.75) is 19.3 Å². The quantitative estimate of drug-likeness (QED) is 0.758. The molecule has 1 saturated carbocycles.